The number of benzene rings is 1. The minimum Gasteiger partial charge on any atom is -0.307 e. The maximum absolute atomic E-state index is 6.06. The molecule has 0 spiro atoms. The smallest absolute Gasteiger partial charge is 0.0409 e. The first-order valence-corrected chi connectivity index (χ1v) is 7.13. The Hall–Kier alpha value is -0.530. The normalized spacial score (nSPS) is 19.0. The van der Waals surface area contributed by atoms with E-state index in [1.54, 1.807) is 0 Å². The van der Waals surface area contributed by atoms with Crippen LogP contribution in [0.1, 0.15) is 51.1 Å². The van der Waals surface area contributed by atoms with Crippen LogP contribution in [0.4, 0.5) is 0 Å². The third kappa shape index (κ3) is 3.46. The summed E-state index contributed by atoms with van der Waals surface area (Å²) in [6, 6.07) is 9.36. The summed E-state index contributed by atoms with van der Waals surface area (Å²) < 4.78 is 0. The minimum atomic E-state index is 0.444. The molecule has 1 aromatic rings. The van der Waals surface area contributed by atoms with Crippen LogP contribution in [0.25, 0.3) is 0 Å². The van der Waals surface area contributed by atoms with Crippen LogP contribution in [0, 0.1) is 5.92 Å². The summed E-state index contributed by atoms with van der Waals surface area (Å²) in [4.78, 5) is 0. The highest BCUT2D eigenvalue weighted by atomic mass is 35.5. The molecule has 0 saturated heterocycles. The quantitative estimate of drug-likeness (QED) is 0.781. The van der Waals surface area contributed by atoms with Gasteiger partial charge in [0.25, 0.3) is 0 Å². The summed E-state index contributed by atoms with van der Waals surface area (Å²) in [6.07, 6.45) is 5.14. The molecule has 1 aliphatic rings. The maximum Gasteiger partial charge on any atom is 0.0409 e. The van der Waals surface area contributed by atoms with Crippen LogP contribution >= 0.6 is 11.6 Å². The van der Waals surface area contributed by atoms with E-state index in [1.807, 2.05) is 12.1 Å². The van der Waals surface area contributed by atoms with Crippen molar-refractivity contribution in [2.24, 2.45) is 5.92 Å². The van der Waals surface area contributed by atoms with Gasteiger partial charge >= 0.3 is 0 Å². The van der Waals surface area contributed by atoms with Crippen molar-refractivity contribution in [2.75, 3.05) is 0 Å². The molecule has 94 valence electrons. The molecule has 0 aromatic heterocycles. The van der Waals surface area contributed by atoms with E-state index >= 15 is 0 Å². The molecule has 1 nitrogen and oxygen atoms in total. The van der Waals surface area contributed by atoms with Gasteiger partial charge in [-0.15, -0.1) is 0 Å². The van der Waals surface area contributed by atoms with Gasteiger partial charge in [-0.25, -0.2) is 0 Å². The number of nitrogens with one attached hydrogen (secondary N) is 1. The van der Waals surface area contributed by atoms with Crippen LogP contribution in [-0.2, 0) is 0 Å². The average molecular weight is 252 g/mol. The molecule has 1 saturated carbocycles. The molecule has 2 heteroatoms. The molecule has 0 heterocycles. The first kappa shape index (κ1) is 12.9. The highest BCUT2D eigenvalue weighted by Crippen LogP contribution is 2.35. The Labute approximate surface area is 110 Å². The van der Waals surface area contributed by atoms with Gasteiger partial charge in [-0.05, 0) is 49.3 Å². The fraction of sp³-hybridized carbons (Fsp3) is 0.600. The topological polar surface area (TPSA) is 12.0 Å². The number of halogens is 1. The molecular weight excluding hydrogens is 230 g/mol. The van der Waals surface area contributed by atoms with Crippen molar-refractivity contribution in [3.63, 3.8) is 0 Å². The van der Waals surface area contributed by atoms with E-state index in [1.165, 1.54) is 24.8 Å². The summed E-state index contributed by atoms with van der Waals surface area (Å²) in [5, 5.41) is 4.64. The lowest BCUT2D eigenvalue weighted by molar-refractivity contribution is 0.383. The molecule has 1 N–H and O–H groups in total. The fourth-order valence-electron chi connectivity index (χ4n) is 2.52. The molecule has 0 radical (unpaired) electrons. The van der Waals surface area contributed by atoms with Crippen molar-refractivity contribution in [3.8, 4) is 0 Å². The van der Waals surface area contributed by atoms with E-state index in [9.17, 15) is 0 Å². The van der Waals surface area contributed by atoms with Crippen molar-refractivity contribution < 1.29 is 0 Å². The summed E-state index contributed by atoms with van der Waals surface area (Å²) in [5.74, 6) is 0.910. The molecule has 1 aliphatic carbocycles. The largest absolute Gasteiger partial charge is 0.307 e. The van der Waals surface area contributed by atoms with Crippen LogP contribution in [0.5, 0.6) is 0 Å². The van der Waals surface area contributed by atoms with Gasteiger partial charge in [-0.1, -0.05) is 37.6 Å². The Bertz CT molecular complexity index is 360. The van der Waals surface area contributed by atoms with Crippen molar-refractivity contribution in [3.05, 3.63) is 34.9 Å². The second-order valence-corrected chi connectivity index (χ2v) is 5.47. The maximum atomic E-state index is 6.06. The molecule has 2 atom stereocenters. The van der Waals surface area contributed by atoms with Crippen molar-refractivity contribution in [1.82, 2.24) is 5.32 Å². The lowest BCUT2D eigenvalue weighted by Crippen LogP contribution is -2.33. The van der Waals surface area contributed by atoms with Crippen LogP contribution in [0.15, 0.2) is 24.3 Å². The molecule has 17 heavy (non-hydrogen) atoms. The van der Waals surface area contributed by atoms with Gasteiger partial charge in [0.2, 0.25) is 0 Å². The first-order valence-electron chi connectivity index (χ1n) is 6.76. The van der Waals surface area contributed by atoms with Gasteiger partial charge in [0.05, 0.1) is 0 Å². The summed E-state index contributed by atoms with van der Waals surface area (Å²) in [5.41, 5.74) is 1.32. The lowest BCUT2D eigenvalue weighted by atomic mass is 10.0. The van der Waals surface area contributed by atoms with E-state index in [0.29, 0.717) is 12.1 Å². The Morgan fingerprint density at radius 3 is 2.59 bits per heavy atom. The van der Waals surface area contributed by atoms with E-state index < -0.39 is 0 Å². The van der Waals surface area contributed by atoms with E-state index in [2.05, 4.69) is 31.3 Å². The minimum absolute atomic E-state index is 0.444. The van der Waals surface area contributed by atoms with E-state index in [4.69, 9.17) is 11.6 Å². The predicted molar refractivity (Wildman–Crippen MR) is 74.4 cm³/mol. The monoisotopic (exact) mass is 251 g/mol. The van der Waals surface area contributed by atoms with Crippen molar-refractivity contribution in [2.45, 2.75) is 51.6 Å². The molecular formula is C15H22ClN. The van der Waals surface area contributed by atoms with Crippen molar-refractivity contribution in [1.29, 1.82) is 0 Å². The van der Waals surface area contributed by atoms with Crippen molar-refractivity contribution >= 4 is 11.6 Å². The average Bonchev–Trinajstić information content (AvgIpc) is 3.15. The molecule has 0 aliphatic heterocycles. The number of hydrogen-bond donors (Lipinski definition) is 1. The molecule has 1 aromatic carbocycles. The molecule has 0 amide bonds. The predicted octanol–water partition coefficient (Wildman–Crippen LogP) is 4.57. The van der Waals surface area contributed by atoms with E-state index in [0.717, 1.165) is 17.4 Å². The molecule has 0 bridgehead atoms. The summed E-state index contributed by atoms with van der Waals surface area (Å²) in [7, 11) is 0. The van der Waals surface area contributed by atoms with Crippen LogP contribution in [0.2, 0.25) is 5.02 Å². The van der Waals surface area contributed by atoms with Gasteiger partial charge < -0.3 is 5.32 Å². The van der Waals surface area contributed by atoms with Gasteiger partial charge in [0.1, 0.15) is 0 Å². The lowest BCUT2D eigenvalue weighted by Gasteiger charge is -2.24. The van der Waals surface area contributed by atoms with Crippen LogP contribution < -0.4 is 5.32 Å². The SMILES string of the molecule is CCC(NC(CC)C1CC1)c1cccc(Cl)c1. The van der Waals surface area contributed by atoms with Gasteiger partial charge in [0.15, 0.2) is 0 Å². The zero-order chi connectivity index (χ0) is 12.3. The van der Waals surface area contributed by atoms with E-state index in [-0.39, 0.29) is 0 Å². The van der Waals surface area contributed by atoms with Gasteiger partial charge in [0, 0.05) is 17.1 Å². The second kappa shape index (κ2) is 5.88. The van der Waals surface area contributed by atoms with Crippen LogP contribution in [-0.4, -0.2) is 6.04 Å². The number of rotatable bonds is 6. The van der Waals surface area contributed by atoms with Gasteiger partial charge in [-0.3, -0.25) is 0 Å². The molecule has 2 rings (SSSR count). The van der Waals surface area contributed by atoms with Gasteiger partial charge in [-0.2, -0.15) is 0 Å². The number of hydrogen-bond acceptors (Lipinski definition) is 1. The third-order valence-corrected chi connectivity index (χ3v) is 3.94. The molecule has 2 unspecified atom stereocenters. The highest BCUT2D eigenvalue weighted by molar-refractivity contribution is 6.30. The summed E-state index contributed by atoms with van der Waals surface area (Å²) >= 11 is 6.06. The Morgan fingerprint density at radius 1 is 1.29 bits per heavy atom. The Morgan fingerprint density at radius 2 is 2.06 bits per heavy atom. The highest BCUT2D eigenvalue weighted by Gasteiger charge is 2.31. The third-order valence-electron chi connectivity index (χ3n) is 3.71. The molecule has 1 fully saturated rings. The van der Waals surface area contributed by atoms with Crippen LogP contribution in [0.3, 0.4) is 0 Å². The first-order chi connectivity index (χ1) is 8.24. The Kier molecular flexibility index (Phi) is 4.47. The second-order valence-electron chi connectivity index (χ2n) is 5.03. The summed E-state index contributed by atoms with van der Waals surface area (Å²) in [6.45, 7) is 4.51. The zero-order valence-corrected chi connectivity index (χ0v) is 11.5. The zero-order valence-electron chi connectivity index (χ0n) is 10.7. The fourth-order valence-corrected chi connectivity index (χ4v) is 2.72. The standard InChI is InChI=1S/C15H22ClN/c1-3-14(11-8-9-11)17-15(4-2)12-6-5-7-13(16)10-12/h5-7,10-11,14-15,17H,3-4,8-9H2,1-2H3. The Balaban J connectivity index is 2.04.